The highest BCUT2D eigenvalue weighted by Crippen LogP contribution is 2.44. The van der Waals surface area contributed by atoms with Gasteiger partial charge in [-0.15, -0.1) is 0 Å². The molecule has 0 aliphatic rings. The molecule has 0 bridgehead atoms. The maximum Gasteiger partial charge on any atom is 0.137 e. The molecule has 0 saturated carbocycles. The van der Waals surface area contributed by atoms with Gasteiger partial charge in [-0.3, -0.25) is 14.5 Å². The number of rotatable bonds is 7. The molecule has 0 N–H and O–H groups in total. The van der Waals surface area contributed by atoms with Crippen LogP contribution in [0.4, 0.5) is 0 Å². The topological polar surface area (TPSA) is 70.7 Å². The van der Waals surface area contributed by atoms with Crippen molar-refractivity contribution < 1.29 is 4.74 Å². The second-order valence-electron chi connectivity index (χ2n) is 13.0. The Morgan fingerprint density at radius 1 is 0.538 bits per heavy atom. The molecule has 0 atom stereocenters. The molecule has 250 valence electrons. The average molecular weight is 675 g/mol. The second-order valence-corrected chi connectivity index (χ2v) is 13.0. The first-order valence-electron chi connectivity index (χ1n) is 17.3. The quantitative estimate of drug-likeness (QED) is 0.168. The minimum absolute atomic E-state index is 0.698. The highest BCUT2D eigenvalue weighted by molar-refractivity contribution is 6.09. The van der Waals surface area contributed by atoms with E-state index in [2.05, 4.69) is 102 Å². The van der Waals surface area contributed by atoms with E-state index < -0.39 is 0 Å². The Labute approximate surface area is 301 Å². The van der Waals surface area contributed by atoms with Crippen LogP contribution in [0.1, 0.15) is 16.7 Å². The summed E-state index contributed by atoms with van der Waals surface area (Å²) in [4.78, 5) is 13.4. The van der Waals surface area contributed by atoms with Crippen molar-refractivity contribution >= 4 is 21.8 Å². The third kappa shape index (κ3) is 5.40. The van der Waals surface area contributed by atoms with Crippen LogP contribution in [-0.2, 0) is 0 Å². The predicted octanol–water partition coefficient (Wildman–Crippen LogP) is 10.9. The first kappa shape index (κ1) is 31.1. The van der Waals surface area contributed by atoms with Crippen molar-refractivity contribution in [1.82, 2.24) is 29.3 Å². The van der Waals surface area contributed by atoms with E-state index in [0.29, 0.717) is 5.75 Å². The van der Waals surface area contributed by atoms with Gasteiger partial charge in [0.2, 0.25) is 0 Å². The van der Waals surface area contributed by atoms with Gasteiger partial charge in [0.1, 0.15) is 23.0 Å². The van der Waals surface area contributed by atoms with Gasteiger partial charge in [-0.2, -0.15) is 5.10 Å². The van der Waals surface area contributed by atoms with E-state index in [9.17, 15) is 0 Å². The lowest BCUT2D eigenvalue weighted by Crippen LogP contribution is -2.01. The average Bonchev–Trinajstić information content (AvgIpc) is 3.72. The predicted molar refractivity (Wildman–Crippen MR) is 208 cm³/mol. The van der Waals surface area contributed by atoms with Gasteiger partial charge < -0.3 is 4.74 Å². The van der Waals surface area contributed by atoms with Crippen LogP contribution in [0.25, 0.3) is 67.0 Å². The fraction of sp³-hybridized carbons (Fsp3) is 0.0667. The Bertz CT molecular complexity index is 2730. The maximum absolute atomic E-state index is 6.66. The van der Waals surface area contributed by atoms with Crippen molar-refractivity contribution in [3.05, 3.63) is 169 Å². The Balaban J connectivity index is 1.20. The molecule has 0 aliphatic carbocycles. The first-order valence-corrected chi connectivity index (χ1v) is 17.3. The number of nitrogens with zero attached hydrogens (tertiary/aromatic N) is 6. The van der Waals surface area contributed by atoms with E-state index in [4.69, 9.17) is 14.8 Å². The first-order chi connectivity index (χ1) is 25.5. The summed E-state index contributed by atoms with van der Waals surface area (Å²) in [6.45, 7) is 6.41. The van der Waals surface area contributed by atoms with Crippen LogP contribution in [0.3, 0.4) is 0 Å². The van der Waals surface area contributed by atoms with Gasteiger partial charge in [0.25, 0.3) is 0 Å². The van der Waals surface area contributed by atoms with Crippen LogP contribution in [0.5, 0.6) is 11.5 Å². The summed E-state index contributed by atoms with van der Waals surface area (Å²) >= 11 is 0. The van der Waals surface area contributed by atoms with E-state index >= 15 is 0 Å². The number of benzene rings is 4. The van der Waals surface area contributed by atoms with Gasteiger partial charge in [-0.05, 0) is 110 Å². The minimum atomic E-state index is 0.698. The number of para-hydroxylation sites is 1. The summed E-state index contributed by atoms with van der Waals surface area (Å²) in [5.41, 5.74) is 12.6. The van der Waals surface area contributed by atoms with Crippen LogP contribution in [-0.4, -0.2) is 29.3 Å². The molecule has 0 amide bonds. The number of pyridine rings is 3. The number of aromatic nitrogens is 6. The van der Waals surface area contributed by atoms with E-state index in [1.54, 1.807) is 0 Å². The lowest BCUT2D eigenvalue weighted by molar-refractivity contribution is 0.483. The molecular formula is C45H34N6O. The summed E-state index contributed by atoms with van der Waals surface area (Å²) in [5.74, 6) is 2.30. The molecule has 0 fully saturated rings. The van der Waals surface area contributed by atoms with Crippen molar-refractivity contribution in [2.24, 2.45) is 0 Å². The molecule has 9 aromatic rings. The van der Waals surface area contributed by atoms with Crippen molar-refractivity contribution in [2.75, 3.05) is 0 Å². The molecule has 7 heteroatoms. The summed E-state index contributed by atoms with van der Waals surface area (Å²) in [7, 11) is 0. The maximum atomic E-state index is 6.66. The standard InChI is InChI=1S/C45H34N6O/c1-29-16-25-48-41(26-29)50-39-13-5-4-12-37(39)38-15-14-36(28-40(38)50)52-35-11-7-10-34(27-35)51-45(33-19-23-47-24-20-33)43(42-30(2)8-6-9-31(42)3)44(49-51)32-17-21-46-22-18-32/h4-28H,1-3H3. The molecule has 52 heavy (non-hydrogen) atoms. The molecule has 4 aromatic carbocycles. The number of hydrogen-bond donors (Lipinski definition) is 0. The zero-order chi connectivity index (χ0) is 35.2. The Hall–Kier alpha value is -6.86. The smallest absolute Gasteiger partial charge is 0.137 e. The van der Waals surface area contributed by atoms with Crippen LogP contribution in [0.2, 0.25) is 0 Å². The van der Waals surface area contributed by atoms with E-state index in [0.717, 1.165) is 72.9 Å². The summed E-state index contributed by atoms with van der Waals surface area (Å²) in [6, 6.07) is 41.5. The van der Waals surface area contributed by atoms with Crippen molar-refractivity contribution in [2.45, 2.75) is 20.8 Å². The Kier molecular flexibility index (Phi) is 7.66. The largest absolute Gasteiger partial charge is 0.457 e. The lowest BCUT2D eigenvalue weighted by atomic mass is 9.90. The fourth-order valence-corrected chi connectivity index (χ4v) is 7.26. The van der Waals surface area contributed by atoms with Gasteiger partial charge in [-0.25, -0.2) is 9.67 Å². The van der Waals surface area contributed by atoms with Gasteiger partial charge in [0.05, 0.1) is 22.4 Å². The zero-order valence-corrected chi connectivity index (χ0v) is 29.0. The summed E-state index contributed by atoms with van der Waals surface area (Å²) in [6.07, 6.45) is 9.14. The SMILES string of the molecule is Cc1ccnc(-n2c3ccccc3c3ccc(Oc4cccc(-n5nc(-c6ccncc6)c(-c6c(C)cccc6C)c5-c5ccncc5)c4)cc32)c1. The Morgan fingerprint density at radius 3 is 2.00 bits per heavy atom. The summed E-state index contributed by atoms with van der Waals surface area (Å²) < 4.78 is 10.9. The van der Waals surface area contributed by atoms with E-state index in [1.165, 1.54) is 16.5 Å². The van der Waals surface area contributed by atoms with Crippen LogP contribution >= 0.6 is 0 Å². The molecule has 7 nitrogen and oxygen atoms in total. The minimum Gasteiger partial charge on any atom is -0.457 e. The third-order valence-electron chi connectivity index (χ3n) is 9.60. The van der Waals surface area contributed by atoms with Gasteiger partial charge in [0.15, 0.2) is 0 Å². The monoisotopic (exact) mass is 674 g/mol. The van der Waals surface area contributed by atoms with Crippen molar-refractivity contribution in [3.8, 4) is 56.6 Å². The lowest BCUT2D eigenvalue weighted by Gasteiger charge is -2.15. The highest BCUT2D eigenvalue weighted by atomic mass is 16.5. The van der Waals surface area contributed by atoms with Gasteiger partial charge in [0, 0.05) is 70.6 Å². The number of ether oxygens (including phenoxy) is 1. The number of aryl methyl sites for hydroxylation is 3. The number of hydrogen-bond acceptors (Lipinski definition) is 5. The van der Waals surface area contributed by atoms with Crippen LogP contribution in [0, 0.1) is 20.8 Å². The summed E-state index contributed by atoms with van der Waals surface area (Å²) in [5, 5.41) is 7.66. The molecule has 5 heterocycles. The number of fused-ring (bicyclic) bond motifs is 3. The highest BCUT2D eigenvalue weighted by Gasteiger charge is 2.25. The van der Waals surface area contributed by atoms with Gasteiger partial charge >= 0.3 is 0 Å². The zero-order valence-electron chi connectivity index (χ0n) is 29.0. The molecule has 0 radical (unpaired) electrons. The third-order valence-corrected chi connectivity index (χ3v) is 9.60. The molecular weight excluding hydrogens is 641 g/mol. The Morgan fingerprint density at radius 2 is 1.23 bits per heavy atom. The van der Waals surface area contributed by atoms with E-state index in [1.807, 2.05) is 90.3 Å². The molecule has 0 aliphatic heterocycles. The molecule has 5 aromatic heterocycles. The molecule has 0 spiro atoms. The molecule has 9 rings (SSSR count). The van der Waals surface area contributed by atoms with Crippen LogP contribution in [0.15, 0.2) is 152 Å². The molecule has 0 unspecified atom stereocenters. The normalized spacial score (nSPS) is 11.4. The second kappa shape index (κ2) is 12.8. The fourth-order valence-electron chi connectivity index (χ4n) is 7.26. The van der Waals surface area contributed by atoms with Crippen molar-refractivity contribution in [1.29, 1.82) is 0 Å². The van der Waals surface area contributed by atoms with Crippen molar-refractivity contribution in [3.63, 3.8) is 0 Å². The van der Waals surface area contributed by atoms with Gasteiger partial charge in [-0.1, -0.05) is 42.5 Å². The molecule has 0 saturated heterocycles. The van der Waals surface area contributed by atoms with Crippen LogP contribution < -0.4 is 4.74 Å². The van der Waals surface area contributed by atoms with E-state index in [-0.39, 0.29) is 0 Å².